The topological polar surface area (TPSA) is 66.1 Å². The van der Waals surface area contributed by atoms with Crippen molar-refractivity contribution in [2.24, 2.45) is 0 Å². The lowest BCUT2D eigenvalue weighted by Gasteiger charge is -2.03. The molecule has 118 valence electrons. The maximum absolute atomic E-state index is 9.85. The molecule has 0 unspecified atom stereocenters. The zero-order chi connectivity index (χ0) is 16.9. The Morgan fingerprint density at radius 3 is 2.71 bits per heavy atom. The number of hydrogen-bond acceptors (Lipinski definition) is 5. The molecule has 0 aliphatic heterocycles. The molecule has 5 heteroatoms. The van der Waals surface area contributed by atoms with Crippen LogP contribution < -0.4 is 4.74 Å². The molecule has 0 aliphatic rings. The molecule has 1 N–H and O–H groups in total. The van der Waals surface area contributed by atoms with E-state index in [2.05, 4.69) is 11.1 Å². The SMILES string of the molecule is COc1ccc(C=C(C#N)c2nc(-c3ccccc3)cs2)cc1O. The van der Waals surface area contributed by atoms with Crippen molar-refractivity contribution < 1.29 is 9.84 Å². The van der Waals surface area contributed by atoms with Crippen LogP contribution in [-0.2, 0) is 0 Å². The average Bonchev–Trinajstić information content (AvgIpc) is 3.10. The predicted octanol–water partition coefficient (Wildman–Crippen LogP) is 4.59. The Labute approximate surface area is 143 Å². The van der Waals surface area contributed by atoms with Crippen LogP contribution in [0.4, 0.5) is 0 Å². The van der Waals surface area contributed by atoms with Gasteiger partial charge in [0, 0.05) is 10.9 Å². The van der Waals surface area contributed by atoms with E-state index in [1.165, 1.54) is 18.4 Å². The molecule has 0 saturated heterocycles. The van der Waals surface area contributed by atoms with Gasteiger partial charge in [0.25, 0.3) is 0 Å². The molecular formula is C19H14N2O2S. The minimum atomic E-state index is 0.0349. The van der Waals surface area contributed by atoms with Gasteiger partial charge < -0.3 is 9.84 Å². The summed E-state index contributed by atoms with van der Waals surface area (Å²) in [6.07, 6.45) is 1.70. The van der Waals surface area contributed by atoms with Crippen LogP contribution in [0.3, 0.4) is 0 Å². The Kier molecular flexibility index (Phi) is 4.59. The first kappa shape index (κ1) is 15.8. The Morgan fingerprint density at radius 1 is 1.25 bits per heavy atom. The van der Waals surface area contributed by atoms with Crippen molar-refractivity contribution in [2.75, 3.05) is 7.11 Å². The van der Waals surface area contributed by atoms with Gasteiger partial charge in [-0.3, -0.25) is 0 Å². The molecular weight excluding hydrogens is 320 g/mol. The van der Waals surface area contributed by atoms with Crippen LogP contribution in [0, 0.1) is 11.3 Å². The number of benzene rings is 2. The molecule has 2 aromatic carbocycles. The van der Waals surface area contributed by atoms with Crippen molar-refractivity contribution in [2.45, 2.75) is 0 Å². The van der Waals surface area contributed by atoms with Gasteiger partial charge in [-0.2, -0.15) is 5.26 Å². The Balaban J connectivity index is 1.94. The number of aromatic nitrogens is 1. The Bertz CT molecular complexity index is 924. The highest BCUT2D eigenvalue weighted by molar-refractivity contribution is 7.11. The van der Waals surface area contributed by atoms with Gasteiger partial charge in [-0.25, -0.2) is 4.98 Å². The molecule has 0 bridgehead atoms. The largest absolute Gasteiger partial charge is 0.504 e. The van der Waals surface area contributed by atoms with Gasteiger partial charge in [-0.1, -0.05) is 36.4 Å². The monoisotopic (exact) mass is 334 g/mol. The fourth-order valence-corrected chi connectivity index (χ4v) is 3.04. The van der Waals surface area contributed by atoms with Crippen LogP contribution in [0.25, 0.3) is 22.9 Å². The van der Waals surface area contributed by atoms with Crippen LogP contribution >= 0.6 is 11.3 Å². The van der Waals surface area contributed by atoms with Crippen molar-refractivity contribution in [3.05, 3.63) is 64.5 Å². The number of hydrogen-bond donors (Lipinski definition) is 1. The minimum Gasteiger partial charge on any atom is -0.504 e. The molecule has 0 atom stereocenters. The number of allylic oxidation sites excluding steroid dienone is 1. The molecule has 0 fully saturated rings. The van der Waals surface area contributed by atoms with Crippen LogP contribution in [0.2, 0.25) is 0 Å². The van der Waals surface area contributed by atoms with Crippen LogP contribution in [0.15, 0.2) is 53.9 Å². The van der Waals surface area contributed by atoms with Crippen LogP contribution in [0.5, 0.6) is 11.5 Å². The fourth-order valence-electron chi connectivity index (χ4n) is 2.24. The molecule has 3 aromatic rings. The van der Waals surface area contributed by atoms with Gasteiger partial charge in [0.05, 0.1) is 18.4 Å². The maximum atomic E-state index is 9.85. The van der Waals surface area contributed by atoms with Gasteiger partial charge in [-0.15, -0.1) is 11.3 Å². The first-order valence-electron chi connectivity index (χ1n) is 7.21. The summed E-state index contributed by atoms with van der Waals surface area (Å²) in [6, 6.07) is 17.0. The van der Waals surface area contributed by atoms with Gasteiger partial charge in [0.15, 0.2) is 11.5 Å². The van der Waals surface area contributed by atoms with Crippen molar-refractivity contribution in [3.63, 3.8) is 0 Å². The lowest BCUT2D eigenvalue weighted by molar-refractivity contribution is 0.373. The second-order valence-electron chi connectivity index (χ2n) is 5.01. The van der Waals surface area contributed by atoms with E-state index < -0.39 is 0 Å². The van der Waals surface area contributed by atoms with Crippen molar-refractivity contribution in [1.29, 1.82) is 5.26 Å². The summed E-state index contributed by atoms with van der Waals surface area (Å²) in [4.78, 5) is 4.54. The number of phenolic OH excluding ortho intramolecular Hbond substituents is 1. The predicted molar refractivity (Wildman–Crippen MR) is 95.7 cm³/mol. The lowest BCUT2D eigenvalue weighted by Crippen LogP contribution is -1.85. The normalized spacial score (nSPS) is 11.1. The highest BCUT2D eigenvalue weighted by Crippen LogP contribution is 2.30. The highest BCUT2D eigenvalue weighted by Gasteiger charge is 2.09. The zero-order valence-corrected chi connectivity index (χ0v) is 13.7. The summed E-state index contributed by atoms with van der Waals surface area (Å²) in [7, 11) is 1.49. The second kappa shape index (κ2) is 6.99. The smallest absolute Gasteiger partial charge is 0.160 e. The van der Waals surface area contributed by atoms with Crippen LogP contribution in [-0.4, -0.2) is 17.2 Å². The molecule has 1 aromatic heterocycles. The third kappa shape index (κ3) is 3.29. The summed E-state index contributed by atoms with van der Waals surface area (Å²) < 4.78 is 5.02. The highest BCUT2D eigenvalue weighted by atomic mass is 32.1. The van der Waals surface area contributed by atoms with E-state index in [-0.39, 0.29) is 5.75 Å². The maximum Gasteiger partial charge on any atom is 0.160 e. The minimum absolute atomic E-state index is 0.0349. The van der Waals surface area contributed by atoms with Crippen molar-refractivity contribution in [3.8, 4) is 28.8 Å². The lowest BCUT2D eigenvalue weighted by atomic mass is 10.1. The van der Waals surface area contributed by atoms with Gasteiger partial charge in [0.2, 0.25) is 0 Å². The summed E-state index contributed by atoms with van der Waals surface area (Å²) in [5, 5.41) is 21.9. The van der Waals surface area contributed by atoms with Gasteiger partial charge in [-0.05, 0) is 23.8 Å². The van der Waals surface area contributed by atoms with E-state index in [9.17, 15) is 10.4 Å². The Hall–Kier alpha value is -3.10. The summed E-state index contributed by atoms with van der Waals surface area (Å²) in [6.45, 7) is 0. The number of rotatable bonds is 4. The standard InChI is InChI=1S/C19H14N2O2S/c1-23-18-8-7-13(10-17(18)22)9-15(11-20)19-21-16(12-24-19)14-5-3-2-4-6-14/h2-10,12,22H,1H3. The van der Waals surface area contributed by atoms with E-state index in [4.69, 9.17) is 4.74 Å². The van der Waals surface area contributed by atoms with Gasteiger partial charge >= 0.3 is 0 Å². The fraction of sp³-hybridized carbons (Fsp3) is 0.0526. The first-order chi connectivity index (χ1) is 11.7. The number of ether oxygens (including phenoxy) is 1. The first-order valence-corrected chi connectivity index (χ1v) is 8.09. The third-order valence-corrected chi connectivity index (χ3v) is 4.31. The van der Waals surface area contributed by atoms with E-state index in [1.807, 2.05) is 35.7 Å². The summed E-state index contributed by atoms with van der Waals surface area (Å²) >= 11 is 1.42. The molecule has 0 radical (unpaired) electrons. The van der Waals surface area contributed by atoms with Crippen molar-refractivity contribution >= 4 is 23.0 Å². The van der Waals surface area contributed by atoms with Crippen molar-refractivity contribution in [1.82, 2.24) is 4.98 Å². The molecule has 0 amide bonds. The van der Waals surface area contributed by atoms with E-state index in [0.29, 0.717) is 21.9 Å². The van der Waals surface area contributed by atoms with E-state index in [0.717, 1.165) is 11.3 Å². The molecule has 3 rings (SSSR count). The summed E-state index contributed by atoms with van der Waals surface area (Å²) in [5.74, 6) is 0.430. The second-order valence-corrected chi connectivity index (χ2v) is 5.86. The molecule has 0 spiro atoms. The molecule has 24 heavy (non-hydrogen) atoms. The average molecular weight is 334 g/mol. The van der Waals surface area contributed by atoms with E-state index >= 15 is 0 Å². The number of nitriles is 1. The molecule has 0 aliphatic carbocycles. The number of aromatic hydroxyl groups is 1. The quantitative estimate of drug-likeness (QED) is 0.709. The molecule has 0 saturated carbocycles. The molecule has 4 nitrogen and oxygen atoms in total. The number of phenols is 1. The molecule has 1 heterocycles. The number of methoxy groups -OCH3 is 1. The van der Waals surface area contributed by atoms with Crippen LogP contribution in [0.1, 0.15) is 10.6 Å². The van der Waals surface area contributed by atoms with E-state index in [1.54, 1.807) is 24.3 Å². The Morgan fingerprint density at radius 2 is 2.04 bits per heavy atom. The van der Waals surface area contributed by atoms with Gasteiger partial charge in [0.1, 0.15) is 11.1 Å². The number of thiazole rings is 1. The zero-order valence-electron chi connectivity index (χ0n) is 12.9. The third-order valence-electron chi connectivity index (χ3n) is 3.44. The summed E-state index contributed by atoms with van der Waals surface area (Å²) in [5.41, 5.74) is 3.02. The number of nitrogens with zero attached hydrogens (tertiary/aromatic N) is 2.